The van der Waals surface area contributed by atoms with Crippen LogP contribution in [0, 0.1) is 5.41 Å². The summed E-state index contributed by atoms with van der Waals surface area (Å²) in [5, 5.41) is 17.6. The molecular formula is C23H33ClN4O4S. The van der Waals surface area contributed by atoms with Gasteiger partial charge in [-0.1, -0.05) is 11.6 Å². The Morgan fingerprint density at radius 3 is 2.45 bits per heavy atom. The van der Waals surface area contributed by atoms with Crippen LogP contribution in [-0.4, -0.2) is 57.1 Å². The number of aliphatic hydroxyl groups is 1. The zero-order chi connectivity index (χ0) is 24.4. The lowest BCUT2D eigenvalue weighted by molar-refractivity contribution is 0.0204. The third-order valence-electron chi connectivity index (χ3n) is 5.53. The number of nitrogens with one attached hydrogen (secondary N) is 1. The van der Waals surface area contributed by atoms with Gasteiger partial charge in [-0.05, 0) is 59.6 Å². The fourth-order valence-electron chi connectivity index (χ4n) is 3.54. The third-order valence-corrected chi connectivity index (χ3v) is 6.76. The van der Waals surface area contributed by atoms with E-state index in [2.05, 4.69) is 10.4 Å². The topological polar surface area (TPSA) is 96.7 Å². The number of likely N-dealkylation sites (tertiary alicyclic amines) is 1. The molecule has 182 valence electrons. The second-order valence-corrected chi connectivity index (χ2v) is 11.8. The average molecular weight is 497 g/mol. The van der Waals surface area contributed by atoms with Crippen molar-refractivity contribution in [1.29, 1.82) is 0 Å². The molecule has 0 saturated carbocycles. The Kier molecular flexibility index (Phi) is 7.76. The lowest BCUT2D eigenvalue weighted by atomic mass is 9.94. The Bertz CT molecular complexity index is 987. The summed E-state index contributed by atoms with van der Waals surface area (Å²) in [6.45, 7) is 10.3. The van der Waals surface area contributed by atoms with Crippen molar-refractivity contribution in [1.82, 2.24) is 14.7 Å². The van der Waals surface area contributed by atoms with Crippen molar-refractivity contribution >= 4 is 40.8 Å². The molecule has 2 aromatic rings. The molecule has 10 heteroatoms. The number of aliphatic hydroxyl groups excluding tert-OH is 1. The first-order valence-corrected chi connectivity index (χ1v) is 12.3. The summed E-state index contributed by atoms with van der Waals surface area (Å²) < 4.78 is 7.54. The first-order valence-electron chi connectivity index (χ1n) is 11.1. The van der Waals surface area contributed by atoms with E-state index in [1.165, 1.54) is 16.0 Å². The highest BCUT2D eigenvalue weighted by Crippen LogP contribution is 2.31. The van der Waals surface area contributed by atoms with Crippen molar-refractivity contribution in [3.63, 3.8) is 0 Å². The number of amides is 1. The summed E-state index contributed by atoms with van der Waals surface area (Å²) in [6, 6.07) is 5.67. The molecular weight excluding hydrogens is 464 g/mol. The molecule has 2 N–H and O–H groups in total. The second-order valence-electron chi connectivity index (χ2n) is 10.0. The molecule has 3 rings (SSSR count). The van der Waals surface area contributed by atoms with Crippen molar-refractivity contribution in [2.75, 3.05) is 25.0 Å². The van der Waals surface area contributed by atoms with Gasteiger partial charge in [-0.3, -0.25) is 4.79 Å². The largest absolute Gasteiger partial charge is 0.444 e. The number of aromatic nitrogens is 2. The van der Waals surface area contributed by atoms with E-state index in [0.29, 0.717) is 29.8 Å². The van der Waals surface area contributed by atoms with Crippen LogP contribution in [0.3, 0.4) is 0 Å². The van der Waals surface area contributed by atoms with Crippen molar-refractivity contribution in [2.24, 2.45) is 5.41 Å². The Balaban J connectivity index is 1.75. The minimum atomic E-state index is -0.966. The number of hydrogen-bond acceptors (Lipinski definition) is 7. The SMILES string of the molecule is CC(C)(C)OC(=O)N1CCC(c2cc(NCc3ccc(Cl)s3)n(C(=O)C(C)(C)CO)n2)CC1. The van der Waals surface area contributed by atoms with Gasteiger partial charge in [-0.15, -0.1) is 11.3 Å². The number of nitrogens with zero attached hydrogens (tertiary/aromatic N) is 3. The van der Waals surface area contributed by atoms with E-state index < -0.39 is 11.0 Å². The average Bonchev–Trinajstić information content (AvgIpc) is 3.36. The summed E-state index contributed by atoms with van der Waals surface area (Å²) in [5.74, 6) is 0.413. The van der Waals surface area contributed by atoms with E-state index in [1.54, 1.807) is 18.7 Å². The van der Waals surface area contributed by atoms with Crippen LogP contribution in [0.2, 0.25) is 4.34 Å². The van der Waals surface area contributed by atoms with E-state index in [-0.39, 0.29) is 24.5 Å². The number of piperidine rings is 1. The fourth-order valence-corrected chi connectivity index (χ4v) is 4.57. The van der Waals surface area contributed by atoms with Gasteiger partial charge < -0.3 is 20.1 Å². The molecule has 1 aliphatic rings. The Morgan fingerprint density at radius 1 is 1.24 bits per heavy atom. The lowest BCUT2D eigenvalue weighted by Crippen LogP contribution is -2.41. The van der Waals surface area contributed by atoms with Gasteiger partial charge in [0, 0.05) is 30.0 Å². The molecule has 0 bridgehead atoms. The van der Waals surface area contributed by atoms with Crippen molar-refractivity contribution < 1.29 is 19.4 Å². The number of ether oxygens (including phenoxy) is 1. The molecule has 0 spiro atoms. The summed E-state index contributed by atoms with van der Waals surface area (Å²) in [4.78, 5) is 28.2. The number of thiophene rings is 1. The molecule has 1 aliphatic heterocycles. The monoisotopic (exact) mass is 496 g/mol. The van der Waals surface area contributed by atoms with Gasteiger partial charge in [-0.25, -0.2) is 4.79 Å². The molecule has 0 radical (unpaired) electrons. The molecule has 0 atom stereocenters. The summed E-state index contributed by atoms with van der Waals surface area (Å²) in [7, 11) is 0. The highest BCUT2D eigenvalue weighted by Gasteiger charge is 2.33. The summed E-state index contributed by atoms with van der Waals surface area (Å²) in [5.41, 5.74) is -0.695. The molecule has 0 aromatic carbocycles. The highest BCUT2D eigenvalue weighted by atomic mass is 35.5. The lowest BCUT2D eigenvalue weighted by Gasteiger charge is -2.32. The number of halogens is 1. The second kappa shape index (κ2) is 10.0. The Morgan fingerprint density at radius 2 is 1.91 bits per heavy atom. The number of carbonyl (C=O) groups excluding carboxylic acids is 2. The number of anilines is 1. The van der Waals surface area contributed by atoms with E-state index >= 15 is 0 Å². The van der Waals surface area contributed by atoms with Gasteiger partial charge in [-0.2, -0.15) is 9.78 Å². The predicted molar refractivity (Wildman–Crippen MR) is 130 cm³/mol. The van der Waals surface area contributed by atoms with Crippen LogP contribution in [0.25, 0.3) is 0 Å². The zero-order valence-corrected chi connectivity index (χ0v) is 21.4. The molecule has 0 aliphatic carbocycles. The summed E-state index contributed by atoms with van der Waals surface area (Å²) in [6.07, 6.45) is 1.16. The maximum atomic E-state index is 13.1. The van der Waals surface area contributed by atoms with Gasteiger partial charge in [0.1, 0.15) is 11.4 Å². The van der Waals surface area contributed by atoms with Crippen LogP contribution in [0.4, 0.5) is 10.6 Å². The van der Waals surface area contributed by atoms with Crippen molar-refractivity contribution in [3.8, 4) is 0 Å². The normalized spacial score (nSPS) is 15.5. The van der Waals surface area contributed by atoms with Gasteiger partial charge >= 0.3 is 6.09 Å². The maximum Gasteiger partial charge on any atom is 0.410 e. The molecule has 1 amide bonds. The maximum absolute atomic E-state index is 13.1. The quantitative estimate of drug-likeness (QED) is 0.585. The third kappa shape index (κ3) is 6.49. The van der Waals surface area contributed by atoms with Crippen LogP contribution in [-0.2, 0) is 11.3 Å². The van der Waals surface area contributed by atoms with Crippen LogP contribution >= 0.6 is 22.9 Å². The smallest absolute Gasteiger partial charge is 0.410 e. The standard InChI is InChI=1S/C23H33ClN4O4S/c1-22(2,3)32-21(31)27-10-8-15(9-11-27)17-12-19(25-13-16-6-7-18(24)33-16)28(26-17)20(30)23(4,5)14-29/h6-7,12,15,25,29H,8-11,13-14H2,1-5H3. The minimum absolute atomic E-state index is 0.117. The van der Waals surface area contributed by atoms with Crippen LogP contribution < -0.4 is 5.32 Å². The fraction of sp³-hybridized carbons (Fsp3) is 0.609. The summed E-state index contributed by atoms with van der Waals surface area (Å²) >= 11 is 7.50. The first-order chi connectivity index (χ1) is 15.4. The van der Waals surface area contributed by atoms with Gasteiger partial charge in [0.25, 0.3) is 5.91 Å². The Hall–Kier alpha value is -2.10. The van der Waals surface area contributed by atoms with E-state index in [4.69, 9.17) is 16.3 Å². The van der Waals surface area contributed by atoms with Gasteiger partial charge in [0.15, 0.2) is 0 Å². The van der Waals surface area contributed by atoms with Crippen molar-refractivity contribution in [3.05, 3.63) is 33.1 Å². The van der Waals surface area contributed by atoms with Crippen LogP contribution in [0.5, 0.6) is 0 Å². The van der Waals surface area contributed by atoms with Crippen LogP contribution in [0.1, 0.15) is 68.7 Å². The van der Waals surface area contributed by atoms with E-state index in [0.717, 1.165) is 23.4 Å². The number of rotatable bonds is 6. The molecule has 1 saturated heterocycles. The highest BCUT2D eigenvalue weighted by molar-refractivity contribution is 7.16. The van der Waals surface area contributed by atoms with Crippen LogP contribution in [0.15, 0.2) is 18.2 Å². The number of carbonyl (C=O) groups is 2. The van der Waals surface area contributed by atoms with Gasteiger partial charge in [0.2, 0.25) is 0 Å². The van der Waals surface area contributed by atoms with E-state index in [9.17, 15) is 14.7 Å². The van der Waals surface area contributed by atoms with Crippen molar-refractivity contribution in [2.45, 2.75) is 65.5 Å². The molecule has 2 aromatic heterocycles. The predicted octanol–water partition coefficient (Wildman–Crippen LogP) is 4.98. The first kappa shape index (κ1) is 25.5. The molecule has 8 nitrogen and oxygen atoms in total. The Labute approximate surface area is 203 Å². The number of hydrogen-bond donors (Lipinski definition) is 2. The molecule has 3 heterocycles. The molecule has 0 unspecified atom stereocenters. The molecule has 33 heavy (non-hydrogen) atoms. The zero-order valence-electron chi connectivity index (χ0n) is 19.9. The van der Waals surface area contributed by atoms with E-state index in [1.807, 2.05) is 39.0 Å². The molecule has 1 fully saturated rings. The van der Waals surface area contributed by atoms with Gasteiger partial charge in [0.05, 0.1) is 28.6 Å². The minimum Gasteiger partial charge on any atom is -0.444 e.